The first-order valence-corrected chi connectivity index (χ1v) is 6.09. The minimum absolute atomic E-state index is 0.0176. The normalized spacial score (nSPS) is 15.2. The van der Waals surface area contributed by atoms with Crippen molar-refractivity contribution in [2.75, 3.05) is 14.1 Å². The second-order valence-corrected chi connectivity index (χ2v) is 4.25. The van der Waals surface area contributed by atoms with Gasteiger partial charge in [0.2, 0.25) is 0 Å². The SMILES string of the molecule is CN=C(NC)/C(=C/C1=C(O)c2ccccc2C1=O)[N+](=O)[O-]. The Labute approximate surface area is 120 Å². The van der Waals surface area contributed by atoms with Gasteiger partial charge in [0.1, 0.15) is 5.76 Å². The van der Waals surface area contributed by atoms with E-state index in [1.54, 1.807) is 24.3 Å². The van der Waals surface area contributed by atoms with Crippen LogP contribution in [0.2, 0.25) is 0 Å². The van der Waals surface area contributed by atoms with Crippen molar-refractivity contribution in [3.05, 3.63) is 62.9 Å². The Hall–Kier alpha value is -2.96. The number of aliphatic hydroxyl groups excluding tert-OH is 1. The molecule has 1 aliphatic rings. The number of rotatable bonds is 3. The quantitative estimate of drug-likeness (QED) is 0.380. The third-order valence-electron chi connectivity index (χ3n) is 3.11. The van der Waals surface area contributed by atoms with Crippen LogP contribution >= 0.6 is 0 Å². The molecule has 2 rings (SSSR count). The molecule has 0 spiro atoms. The topological polar surface area (TPSA) is 105 Å². The van der Waals surface area contributed by atoms with Crippen molar-refractivity contribution in [2.45, 2.75) is 0 Å². The lowest BCUT2D eigenvalue weighted by Crippen LogP contribution is -2.25. The highest BCUT2D eigenvalue weighted by Crippen LogP contribution is 2.32. The number of nitrogens with one attached hydrogen (secondary N) is 1. The van der Waals surface area contributed by atoms with E-state index in [1.807, 2.05) is 0 Å². The monoisotopic (exact) mass is 287 g/mol. The lowest BCUT2D eigenvalue weighted by atomic mass is 10.1. The van der Waals surface area contributed by atoms with Gasteiger partial charge in [-0.2, -0.15) is 0 Å². The minimum Gasteiger partial charge on any atom is -0.507 e. The summed E-state index contributed by atoms with van der Waals surface area (Å²) in [6, 6.07) is 6.49. The Kier molecular flexibility index (Phi) is 3.84. The van der Waals surface area contributed by atoms with Gasteiger partial charge in [-0.1, -0.05) is 24.3 Å². The van der Waals surface area contributed by atoms with Gasteiger partial charge in [0.05, 0.1) is 10.5 Å². The van der Waals surface area contributed by atoms with Gasteiger partial charge in [-0.25, -0.2) is 0 Å². The number of likely N-dealkylation sites (N-methyl/N-ethyl adjacent to an activating group) is 1. The highest BCUT2D eigenvalue weighted by Gasteiger charge is 2.31. The van der Waals surface area contributed by atoms with E-state index < -0.39 is 10.7 Å². The predicted octanol–water partition coefficient (Wildman–Crippen LogP) is 1.56. The standard InChI is InChI=1S/C14H13N3O4/c1-15-14(16-2)11(17(20)21)7-10-12(18)8-5-3-4-6-9(8)13(10)19/h3-7,18H,1-2H3,(H,15,16)/b11-7-. The number of hydrogen-bond acceptors (Lipinski definition) is 5. The number of aliphatic hydroxyl groups is 1. The number of allylic oxidation sites excluding steroid dienone is 2. The van der Waals surface area contributed by atoms with Gasteiger partial charge < -0.3 is 10.4 Å². The molecule has 0 atom stereocenters. The molecule has 7 nitrogen and oxygen atoms in total. The van der Waals surface area contributed by atoms with Gasteiger partial charge in [-0.15, -0.1) is 0 Å². The van der Waals surface area contributed by atoms with Crippen LogP contribution in [0, 0.1) is 10.1 Å². The average Bonchev–Trinajstić information content (AvgIpc) is 2.72. The summed E-state index contributed by atoms with van der Waals surface area (Å²) >= 11 is 0. The molecule has 0 heterocycles. The van der Waals surface area contributed by atoms with Gasteiger partial charge in [-0.05, 0) is 0 Å². The molecule has 1 aliphatic carbocycles. The van der Waals surface area contributed by atoms with Gasteiger partial charge in [0.25, 0.3) is 0 Å². The fourth-order valence-electron chi connectivity index (χ4n) is 2.12. The highest BCUT2D eigenvalue weighted by molar-refractivity contribution is 6.21. The maximum absolute atomic E-state index is 12.2. The summed E-state index contributed by atoms with van der Waals surface area (Å²) in [5, 5.41) is 23.8. The van der Waals surface area contributed by atoms with E-state index in [-0.39, 0.29) is 22.9 Å². The number of benzene rings is 1. The van der Waals surface area contributed by atoms with Crippen molar-refractivity contribution in [1.82, 2.24) is 5.32 Å². The number of aliphatic imine (C=N–C) groups is 1. The number of amidine groups is 1. The summed E-state index contributed by atoms with van der Waals surface area (Å²) in [5.74, 6) is -0.695. The smallest absolute Gasteiger partial charge is 0.311 e. The lowest BCUT2D eigenvalue weighted by molar-refractivity contribution is -0.415. The minimum atomic E-state index is -0.657. The van der Waals surface area contributed by atoms with Crippen LogP contribution in [0.4, 0.5) is 0 Å². The van der Waals surface area contributed by atoms with Crippen LogP contribution in [0.3, 0.4) is 0 Å². The number of fused-ring (bicyclic) bond motifs is 1. The van der Waals surface area contributed by atoms with Gasteiger partial charge >= 0.3 is 5.70 Å². The molecule has 0 aromatic heterocycles. The van der Waals surface area contributed by atoms with Crippen LogP contribution in [-0.2, 0) is 0 Å². The first-order valence-electron chi connectivity index (χ1n) is 6.09. The summed E-state index contributed by atoms with van der Waals surface area (Å²) in [7, 11) is 2.88. The van der Waals surface area contributed by atoms with Crippen molar-refractivity contribution >= 4 is 17.4 Å². The second kappa shape index (κ2) is 5.58. The molecule has 1 aromatic carbocycles. The maximum Gasteiger partial charge on any atom is 0.311 e. The number of nitrogens with zero attached hydrogens (tertiary/aromatic N) is 2. The second-order valence-electron chi connectivity index (χ2n) is 4.25. The fraction of sp³-hybridized carbons (Fsp3) is 0.143. The third-order valence-corrected chi connectivity index (χ3v) is 3.11. The van der Waals surface area contributed by atoms with Gasteiger partial charge in [-0.3, -0.25) is 19.9 Å². The van der Waals surface area contributed by atoms with Crippen LogP contribution < -0.4 is 5.32 Å². The number of Topliss-reactive ketones (excluding diaryl/α,β-unsaturated/α-hetero) is 1. The number of hydrogen-bond donors (Lipinski definition) is 2. The first-order chi connectivity index (χ1) is 10.0. The molecule has 0 amide bonds. The maximum atomic E-state index is 12.2. The molecule has 0 aliphatic heterocycles. The molecular formula is C14H13N3O4. The predicted molar refractivity (Wildman–Crippen MR) is 77.8 cm³/mol. The van der Waals surface area contributed by atoms with E-state index in [9.17, 15) is 20.0 Å². The molecule has 7 heteroatoms. The Balaban J connectivity index is 2.57. The Morgan fingerprint density at radius 1 is 1.38 bits per heavy atom. The zero-order valence-corrected chi connectivity index (χ0v) is 11.5. The summed E-state index contributed by atoms with van der Waals surface area (Å²) < 4.78 is 0. The van der Waals surface area contributed by atoms with E-state index in [1.165, 1.54) is 14.1 Å². The highest BCUT2D eigenvalue weighted by atomic mass is 16.6. The zero-order valence-electron chi connectivity index (χ0n) is 11.5. The van der Waals surface area contributed by atoms with Gasteiger partial charge in [0.15, 0.2) is 11.6 Å². The Morgan fingerprint density at radius 2 is 2.00 bits per heavy atom. The van der Waals surface area contributed by atoms with Crippen molar-refractivity contribution in [3.63, 3.8) is 0 Å². The van der Waals surface area contributed by atoms with Crippen LogP contribution in [-0.4, -0.2) is 35.7 Å². The summed E-state index contributed by atoms with van der Waals surface area (Å²) in [6.07, 6.45) is 1.04. The number of carbonyl (C=O) groups is 1. The third kappa shape index (κ3) is 2.40. The molecule has 2 N–H and O–H groups in total. The molecule has 108 valence electrons. The van der Waals surface area contributed by atoms with Crippen LogP contribution in [0.25, 0.3) is 5.76 Å². The fourth-order valence-corrected chi connectivity index (χ4v) is 2.12. The van der Waals surface area contributed by atoms with Crippen molar-refractivity contribution in [3.8, 4) is 0 Å². The number of nitro groups is 1. The van der Waals surface area contributed by atoms with E-state index in [0.717, 1.165) is 6.08 Å². The van der Waals surface area contributed by atoms with E-state index in [2.05, 4.69) is 10.3 Å². The van der Waals surface area contributed by atoms with Crippen LogP contribution in [0.5, 0.6) is 0 Å². The zero-order chi connectivity index (χ0) is 15.6. The molecule has 0 fully saturated rings. The average molecular weight is 287 g/mol. The molecule has 0 unspecified atom stereocenters. The molecular weight excluding hydrogens is 274 g/mol. The summed E-state index contributed by atoms with van der Waals surface area (Å²) in [4.78, 5) is 26.4. The Morgan fingerprint density at radius 3 is 2.48 bits per heavy atom. The first kappa shape index (κ1) is 14.4. The largest absolute Gasteiger partial charge is 0.507 e. The van der Waals surface area contributed by atoms with Crippen molar-refractivity contribution < 1.29 is 14.8 Å². The lowest BCUT2D eigenvalue weighted by Gasteiger charge is -2.02. The molecule has 1 aromatic rings. The molecule has 0 saturated carbocycles. The Bertz CT molecular complexity index is 717. The van der Waals surface area contributed by atoms with Crippen molar-refractivity contribution in [2.24, 2.45) is 4.99 Å². The van der Waals surface area contributed by atoms with E-state index in [0.29, 0.717) is 11.1 Å². The number of carbonyl (C=O) groups excluding carboxylic acids is 1. The molecule has 0 saturated heterocycles. The summed E-state index contributed by atoms with van der Waals surface area (Å²) in [6.45, 7) is 0. The molecule has 21 heavy (non-hydrogen) atoms. The number of ketones is 1. The van der Waals surface area contributed by atoms with Crippen LogP contribution in [0.15, 0.2) is 46.6 Å². The summed E-state index contributed by atoms with van der Waals surface area (Å²) in [5.41, 5.74) is 0.196. The van der Waals surface area contributed by atoms with Crippen LogP contribution in [0.1, 0.15) is 15.9 Å². The van der Waals surface area contributed by atoms with Crippen molar-refractivity contribution in [1.29, 1.82) is 0 Å². The van der Waals surface area contributed by atoms with E-state index in [4.69, 9.17) is 0 Å². The molecule has 0 bridgehead atoms. The van der Waals surface area contributed by atoms with E-state index >= 15 is 0 Å². The molecule has 0 radical (unpaired) electrons. The van der Waals surface area contributed by atoms with Gasteiger partial charge in [0, 0.05) is 31.3 Å².